The van der Waals surface area contributed by atoms with Gasteiger partial charge in [-0.1, -0.05) is 35.1 Å². The van der Waals surface area contributed by atoms with Crippen molar-refractivity contribution in [2.24, 2.45) is 0 Å². The van der Waals surface area contributed by atoms with Gasteiger partial charge in [0, 0.05) is 29.1 Å². The van der Waals surface area contributed by atoms with Crippen molar-refractivity contribution in [1.82, 2.24) is 4.98 Å². The minimum atomic E-state index is -1.14. The van der Waals surface area contributed by atoms with E-state index in [2.05, 4.69) is 4.98 Å². The maximum atomic E-state index is 13.4. The number of halogens is 1. The van der Waals surface area contributed by atoms with Gasteiger partial charge in [0.2, 0.25) is 0 Å². The summed E-state index contributed by atoms with van der Waals surface area (Å²) in [7, 11) is 0. The number of non-ortho nitro benzene ring substituents is 1. The molecular weight excluding hydrogens is 530 g/mol. The van der Waals surface area contributed by atoms with E-state index in [0.717, 1.165) is 16.9 Å². The molecule has 0 bridgehead atoms. The van der Waals surface area contributed by atoms with Gasteiger partial charge in [0.25, 0.3) is 11.5 Å². The molecule has 2 aliphatic rings. The Morgan fingerprint density at radius 2 is 2.00 bits per heavy atom. The topological polar surface area (TPSA) is 123 Å². The average Bonchev–Trinajstić information content (AvgIpc) is 3.55. The maximum absolute atomic E-state index is 13.4. The van der Waals surface area contributed by atoms with Crippen LogP contribution in [0.15, 0.2) is 66.2 Å². The SMILES string of the molecule is CC1Cc2cc(/C(O)=C3\C(=O)C(=O)N(c4nc5ccc(Cl)cc5s4)C3c3cccc([N+](=O)[O-])c3)ccc2O1. The second kappa shape index (κ2) is 8.93. The first-order valence-electron chi connectivity index (χ1n) is 11.6. The third kappa shape index (κ3) is 3.89. The van der Waals surface area contributed by atoms with Gasteiger partial charge in [-0.2, -0.15) is 0 Å². The van der Waals surface area contributed by atoms with E-state index < -0.39 is 22.7 Å². The molecule has 11 heteroatoms. The Labute approximate surface area is 224 Å². The Hall–Kier alpha value is -4.28. The smallest absolute Gasteiger partial charge is 0.301 e. The number of amides is 1. The number of nitrogens with zero attached hydrogens (tertiary/aromatic N) is 3. The van der Waals surface area contributed by atoms with E-state index in [-0.39, 0.29) is 33.8 Å². The highest BCUT2D eigenvalue weighted by molar-refractivity contribution is 7.22. The monoisotopic (exact) mass is 547 g/mol. The van der Waals surface area contributed by atoms with E-state index in [1.165, 1.54) is 23.1 Å². The predicted molar refractivity (Wildman–Crippen MR) is 143 cm³/mol. The van der Waals surface area contributed by atoms with Gasteiger partial charge in [0.1, 0.15) is 17.6 Å². The van der Waals surface area contributed by atoms with Crippen LogP contribution in [0.3, 0.4) is 0 Å². The van der Waals surface area contributed by atoms with Crippen molar-refractivity contribution in [3.8, 4) is 5.75 Å². The average molecular weight is 548 g/mol. The Balaban J connectivity index is 1.56. The minimum absolute atomic E-state index is 0.0228. The molecule has 0 aliphatic carbocycles. The molecule has 2 atom stereocenters. The second-order valence-electron chi connectivity index (χ2n) is 9.08. The van der Waals surface area contributed by atoms with Gasteiger partial charge < -0.3 is 9.84 Å². The lowest BCUT2D eigenvalue weighted by Gasteiger charge is -2.22. The zero-order valence-corrected chi connectivity index (χ0v) is 21.3. The van der Waals surface area contributed by atoms with Crippen LogP contribution in [0.2, 0.25) is 5.02 Å². The fourth-order valence-electron chi connectivity index (χ4n) is 4.87. The molecule has 2 unspecified atom stereocenters. The van der Waals surface area contributed by atoms with Crippen LogP contribution in [-0.4, -0.2) is 32.8 Å². The summed E-state index contributed by atoms with van der Waals surface area (Å²) >= 11 is 7.28. The number of carbonyl (C=O) groups is 2. The molecule has 0 saturated carbocycles. The lowest BCUT2D eigenvalue weighted by Crippen LogP contribution is -2.29. The summed E-state index contributed by atoms with van der Waals surface area (Å²) in [6, 6.07) is 14.6. The fourth-order valence-corrected chi connectivity index (χ4v) is 6.14. The molecular formula is C27H18ClN3O6S. The van der Waals surface area contributed by atoms with Crippen LogP contribution in [0.4, 0.5) is 10.8 Å². The number of nitro benzene ring substituents is 1. The van der Waals surface area contributed by atoms with Gasteiger partial charge in [-0.3, -0.25) is 24.6 Å². The zero-order valence-electron chi connectivity index (χ0n) is 19.8. The van der Waals surface area contributed by atoms with Crippen molar-refractivity contribution in [2.45, 2.75) is 25.5 Å². The van der Waals surface area contributed by atoms with Crippen LogP contribution in [0.5, 0.6) is 5.75 Å². The summed E-state index contributed by atoms with van der Waals surface area (Å²) in [6.45, 7) is 1.93. The molecule has 1 N–H and O–H groups in total. The molecule has 38 heavy (non-hydrogen) atoms. The van der Waals surface area contributed by atoms with E-state index in [1.54, 1.807) is 42.5 Å². The molecule has 190 valence electrons. The Morgan fingerprint density at radius 3 is 2.79 bits per heavy atom. The third-order valence-electron chi connectivity index (χ3n) is 6.56. The van der Waals surface area contributed by atoms with Crippen LogP contribution >= 0.6 is 22.9 Å². The number of ketones is 1. The van der Waals surface area contributed by atoms with E-state index in [9.17, 15) is 24.8 Å². The maximum Gasteiger partial charge on any atom is 0.301 e. The molecule has 4 aromatic rings. The van der Waals surface area contributed by atoms with Crippen LogP contribution in [0, 0.1) is 10.1 Å². The highest BCUT2D eigenvalue weighted by Crippen LogP contribution is 2.45. The number of carbonyl (C=O) groups excluding carboxylic acids is 2. The molecule has 6 rings (SSSR count). The normalized spacial score (nSPS) is 20.1. The summed E-state index contributed by atoms with van der Waals surface area (Å²) in [4.78, 5) is 43.6. The number of Topliss-reactive ketones (excluding diaryl/α,β-unsaturated/α-hetero) is 1. The second-order valence-corrected chi connectivity index (χ2v) is 10.5. The number of anilines is 1. The molecule has 1 saturated heterocycles. The number of aliphatic hydroxyl groups is 1. The number of hydrogen-bond donors (Lipinski definition) is 1. The highest BCUT2D eigenvalue weighted by Gasteiger charge is 2.48. The molecule has 0 spiro atoms. The zero-order chi connectivity index (χ0) is 26.7. The van der Waals surface area contributed by atoms with Gasteiger partial charge >= 0.3 is 5.91 Å². The van der Waals surface area contributed by atoms with Crippen molar-refractivity contribution in [1.29, 1.82) is 0 Å². The van der Waals surface area contributed by atoms with Crippen LogP contribution in [-0.2, 0) is 16.0 Å². The van der Waals surface area contributed by atoms with Crippen LogP contribution in [0.25, 0.3) is 16.0 Å². The molecule has 9 nitrogen and oxygen atoms in total. The van der Waals surface area contributed by atoms with Crippen molar-refractivity contribution < 1.29 is 24.4 Å². The molecule has 2 aliphatic heterocycles. The summed E-state index contributed by atoms with van der Waals surface area (Å²) in [5.74, 6) is -1.50. The first-order valence-corrected chi connectivity index (χ1v) is 12.8. The number of ether oxygens (including phenoxy) is 1. The Morgan fingerprint density at radius 1 is 1.18 bits per heavy atom. The van der Waals surface area contributed by atoms with Gasteiger partial charge in [0.05, 0.1) is 26.8 Å². The Kier molecular flexibility index (Phi) is 5.66. The van der Waals surface area contributed by atoms with E-state index in [1.807, 2.05) is 6.92 Å². The first-order chi connectivity index (χ1) is 18.2. The van der Waals surface area contributed by atoms with Gasteiger partial charge in [-0.15, -0.1) is 0 Å². The van der Waals surface area contributed by atoms with Gasteiger partial charge in [-0.25, -0.2) is 4.98 Å². The van der Waals surface area contributed by atoms with Crippen molar-refractivity contribution >= 4 is 61.4 Å². The number of hydrogen-bond acceptors (Lipinski definition) is 8. The number of rotatable bonds is 4. The Bertz CT molecular complexity index is 1710. The number of aromatic nitrogens is 1. The summed E-state index contributed by atoms with van der Waals surface area (Å²) < 4.78 is 6.43. The number of thiazole rings is 1. The standard InChI is InChI=1S/C27H18ClN3O6S/c1-13-9-16-10-15(5-8-20(16)37-13)24(32)22-23(14-3-2-4-18(11-14)31(35)36)30(26(34)25(22)33)27-29-19-7-6-17(28)12-21(19)38-27/h2-8,10-13,23,32H,9H2,1H3/b24-22+. The number of benzene rings is 3. The van der Waals surface area contributed by atoms with Crippen LogP contribution in [0.1, 0.15) is 29.7 Å². The first kappa shape index (κ1) is 24.1. The summed E-state index contributed by atoms with van der Waals surface area (Å²) in [6.07, 6.45) is 0.610. The van der Waals surface area contributed by atoms with Crippen molar-refractivity contribution in [3.05, 3.63) is 98.1 Å². The predicted octanol–water partition coefficient (Wildman–Crippen LogP) is 5.81. The largest absolute Gasteiger partial charge is 0.507 e. The molecule has 1 amide bonds. The summed E-state index contributed by atoms with van der Waals surface area (Å²) in [5.41, 5.74) is 1.67. The third-order valence-corrected chi connectivity index (χ3v) is 7.81. The molecule has 0 radical (unpaired) electrons. The van der Waals surface area contributed by atoms with E-state index >= 15 is 0 Å². The molecule has 1 aromatic heterocycles. The summed E-state index contributed by atoms with van der Waals surface area (Å²) in [5, 5.41) is 23.6. The van der Waals surface area contributed by atoms with E-state index in [0.29, 0.717) is 33.0 Å². The quantitative estimate of drug-likeness (QED) is 0.112. The van der Waals surface area contributed by atoms with Crippen molar-refractivity contribution in [3.63, 3.8) is 0 Å². The number of fused-ring (bicyclic) bond motifs is 2. The van der Waals surface area contributed by atoms with Crippen LogP contribution < -0.4 is 9.64 Å². The highest BCUT2D eigenvalue weighted by atomic mass is 35.5. The lowest BCUT2D eigenvalue weighted by atomic mass is 9.94. The fraction of sp³-hybridized carbons (Fsp3) is 0.148. The number of aliphatic hydroxyl groups excluding tert-OH is 1. The molecule has 1 fully saturated rings. The van der Waals surface area contributed by atoms with Gasteiger partial charge in [-0.05, 0) is 54.4 Å². The van der Waals surface area contributed by atoms with Gasteiger partial charge in [0.15, 0.2) is 5.13 Å². The van der Waals surface area contributed by atoms with Crippen molar-refractivity contribution in [2.75, 3.05) is 4.90 Å². The lowest BCUT2D eigenvalue weighted by molar-refractivity contribution is -0.384. The minimum Gasteiger partial charge on any atom is -0.507 e. The van der Waals surface area contributed by atoms with E-state index in [4.69, 9.17) is 16.3 Å². The molecule has 3 aromatic carbocycles. The number of nitro groups is 1. The molecule has 3 heterocycles.